The van der Waals surface area contributed by atoms with Crippen molar-refractivity contribution < 1.29 is 16.8 Å². The average Bonchev–Trinajstić information content (AvgIpc) is 3.66. The first-order valence-electron chi connectivity index (χ1n) is 21.3. The summed E-state index contributed by atoms with van der Waals surface area (Å²) >= 11 is 0. The number of hydrogen-bond donors (Lipinski definition) is 0. The van der Waals surface area contributed by atoms with Crippen molar-refractivity contribution in [3.05, 3.63) is 194 Å². The molecule has 0 aliphatic carbocycles. The van der Waals surface area contributed by atoms with Gasteiger partial charge in [0.1, 0.15) is 11.2 Å². The van der Waals surface area contributed by atoms with Crippen LogP contribution in [0.5, 0.6) is 0 Å². The molecule has 0 spiro atoms. The summed E-state index contributed by atoms with van der Waals surface area (Å²) in [5, 5.41) is 5.77. The lowest BCUT2D eigenvalue weighted by atomic mass is 9.83. The number of rotatable bonds is 5. The quantitative estimate of drug-likeness (QED) is 0.168. The zero-order valence-corrected chi connectivity index (χ0v) is 27.2. The van der Waals surface area contributed by atoms with Gasteiger partial charge < -0.3 is 4.42 Å². The summed E-state index contributed by atoms with van der Waals surface area (Å²) in [6, 6.07) is 41.6. The zero-order valence-electron chi connectivity index (χ0n) is 36.2. The first-order chi connectivity index (χ1) is 29.1. The van der Waals surface area contributed by atoms with E-state index >= 15 is 0 Å². The van der Waals surface area contributed by atoms with E-state index < -0.39 is 42.3 Å². The number of hydrogen-bond acceptors (Lipinski definition) is 1. The molecular formula is C50H32O. The molecule has 0 fully saturated rings. The lowest BCUT2D eigenvalue weighted by Gasteiger charge is -2.20. The van der Waals surface area contributed by atoms with Crippen LogP contribution >= 0.6 is 0 Å². The third-order valence-corrected chi connectivity index (χ3v) is 9.64. The third kappa shape index (κ3) is 4.86. The van der Waals surface area contributed by atoms with Crippen LogP contribution in [0.25, 0.3) is 99.1 Å². The van der Waals surface area contributed by atoms with Gasteiger partial charge in [0.05, 0.1) is 12.3 Å². The highest BCUT2D eigenvalue weighted by Gasteiger charge is 2.21. The van der Waals surface area contributed by atoms with Crippen LogP contribution < -0.4 is 0 Å². The summed E-state index contributed by atoms with van der Waals surface area (Å²) in [5.74, 6) is 0. The van der Waals surface area contributed by atoms with E-state index in [-0.39, 0.29) is 28.8 Å². The molecule has 0 aliphatic heterocycles. The smallest absolute Gasteiger partial charge is 0.136 e. The van der Waals surface area contributed by atoms with E-state index in [2.05, 4.69) is 54.6 Å². The molecule has 1 nitrogen and oxygen atoms in total. The van der Waals surface area contributed by atoms with Gasteiger partial charge in [-0.25, -0.2) is 0 Å². The molecule has 9 aromatic carbocycles. The highest BCUT2D eigenvalue weighted by molar-refractivity contribution is 6.26. The second-order valence-electron chi connectivity index (χ2n) is 12.5. The lowest BCUT2D eigenvalue weighted by Crippen LogP contribution is -1.93. The van der Waals surface area contributed by atoms with E-state index in [1.165, 1.54) is 0 Å². The molecule has 0 atom stereocenters. The Hall–Kier alpha value is -6.70. The fourth-order valence-electron chi connectivity index (χ4n) is 7.42. The molecule has 0 radical (unpaired) electrons. The Labute approximate surface area is 309 Å². The van der Waals surface area contributed by atoms with Gasteiger partial charge in [0, 0.05) is 10.8 Å². The van der Waals surface area contributed by atoms with Crippen molar-refractivity contribution in [2.24, 2.45) is 0 Å². The maximum atomic E-state index is 9.33. The zero-order chi connectivity index (χ0) is 41.6. The first-order valence-corrected chi connectivity index (χ1v) is 16.8. The molecule has 0 unspecified atom stereocenters. The van der Waals surface area contributed by atoms with Gasteiger partial charge in [0.15, 0.2) is 0 Å². The molecule has 10 rings (SSSR count). The van der Waals surface area contributed by atoms with Crippen LogP contribution in [0.15, 0.2) is 198 Å². The molecule has 0 N–H and O–H groups in total. The summed E-state index contributed by atoms with van der Waals surface area (Å²) in [5.41, 5.74) is 7.09. The fourth-order valence-corrected chi connectivity index (χ4v) is 7.42. The Morgan fingerprint density at radius 2 is 0.882 bits per heavy atom. The van der Waals surface area contributed by atoms with Crippen LogP contribution in [0, 0.1) is 0 Å². The van der Waals surface area contributed by atoms with Gasteiger partial charge in [-0.3, -0.25) is 0 Å². The molecule has 1 aromatic heterocycles. The maximum Gasteiger partial charge on any atom is 0.136 e. The highest BCUT2D eigenvalue weighted by Crippen LogP contribution is 2.48. The summed E-state index contributed by atoms with van der Waals surface area (Å²) in [7, 11) is 0. The summed E-state index contributed by atoms with van der Waals surface area (Å²) in [6.07, 6.45) is 0. The maximum absolute atomic E-state index is 9.33. The Morgan fingerprint density at radius 3 is 1.57 bits per heavy atom. The normalized spacial score (nSPS) is 14.0. The summed E-state index contributed by atoms with van der Waals surface area (Å²) < 4.78 is 85.0. The Morgan fingerprint density at radius 1 is 0.333 bits per heavy atom. The van der Waals surface area contributed by atoms with Crippen molar-refractivity contribution in [3.8, 4) is 55.6 Å². The topological polar surface area (TPSA) is 13.1 Å². The molecule has 51 heavy (non-hydrogen) atoms. The van der Waals surface area contributed by atoms with Gasteiger partial charge in [-0.05, 0) is 95.4 Å². The molecule has 0 saturated carbocycles. The van der Waals surface area contributed by atoms with E-state index in [1.807, 2.05) is 72.8 Å². The minimum atomic E-state index is -0.617. The van der Waals surface area contributed by atoms with E-state index in [9.17, 15) is 2.74 Å². The van der Waals surface area contributed by atoms with Gasteiger partial charge in [-0.15, -0.1) is 0 Å². The SMILES string of the molecule is [2H]c1c([2H])c([2H])c(-c2c([2H])c([2H])c(-c3ccccc3-c3c4ccccc4c(-c4cccc5oc6ccc(-c7ccccc7)cc6c45)c4ccccc34)c([2H])c2[2H])c([2H])c1[2H]. The Balaban J connectivity index is 1.25. The van der Waals surface area contributed by atoms with Crippen molar-refractivity contribution in [3.63, 3.8) is 0 Å². The molecule has 1 heterocycles. The van der Waals surface area contributed by atoms with Crippen LogP contribution in [0.2, 0.25) is 0 Å². The van der Waals surface area contributed by atoms with Crippen molar-refractivity contribution in [1.82, 2.24) is 0 Å². The number of benzene rings is 9. The van der Waals surface area contributed by atoms with Crippen LogP contribution in [0.3, 0.4) is 0 Å². The van der Waals surface area contributed by atoms with Gasteiger partial charge in [0.25, 0.3) is 0 Å². The van der Waals surface area contributed by atoms with Crippen molar-refractivity contribution in [2.45, 2.75) is 0 Å². The van der Waals surface area contributed by atoms with Gasteiger partial charge in [0.2, 0.25) is 0 Å². The lowest BCUT2D eigenvalue weighted by molar-refractivity contribution is 0.669. The standard InChI is InChI=1S/C50H32O/c1-3-14-33(15-4-1)35-26-28-36(29-27-35)38-18-7-8-19-39(38)48-40-20-9-11-22-42(40)49(43-23-12-10-21-41(43)48)44-24-13-25-47-50(44)45-32-37(30-31-46(45)51-47)34-16-5-2-6-17-34/h1-32H/i1D,3D,4D,14D,15D,26D,27D,28D,29D. The third-order valence-electron chi connectivity index (χ3n) is 9.64. The van der Waals surface area contributed by atoms with Crippen molar-refractivity contribution >= 4 is 43.5 Å². The molecule has 1 heteroatoms. The summed E-state index contributed by atoms with van der Waals surface area (Å²) in [4.78, 5) is 0. The minimum Gasteiger partial charge on any atom is -0.456 e. The van der Waals surface area contributed by atoms with E-state index in [4.69, 9.17) is 14.0 Å². The highest BCUT2D eigenvalue weighted by atomic mass is 16.3. The molecule has 0 amide bonds. The van der Waals surface area contributed by atoms with Crippen LogP contribution in [-0.2, 0) is 0 Å². The fraction of sp³-hybridized carbons (Fsp3) is 0. The van der Waals surface area contributed by atoms with Crippen molar-refractivity contribution in [2.75, 3.05) is 0 Å². The van der Waals surface area contributed by atoms with Crippen molar-refractivity contribution in [1.29, 1.82) is 0 Å². The first kappa shape index (κ1) is 21.4. The second kappa shape index (κ2) is 12.0. The number of fused-ring (bicyclic) bond motifs is 5. The van der Waals surface area contributed by atoms with Gasteiger partial charge in [-0.1, -0.05) is 176 Å². The molecule has 0 bridgehead atoms. The molecular weight excluding hydrogens is 617 g/mol. The monoisotopic (exact) mass is 657 g/mol. The second-order valence-corrected chi connectivity index (χ2v) is 12.5. The Kier molecular flexibility index (Phi) is 5.04. The molecule has 0 saturated heterocycles. The van der Waals surface area contributed by atoms with E-state index in [0.29, 0.717) is 11.1 Å². The average molecular weight is 658 g/mol. The Bertz CT molecular complexity index is 3310. The van der Waals surface area contributed by atoms with Crippen LogP contribution in [0.1, 0.15) is 12.3 Å². The minimum absolute atomic E-state index is 0.0396. The number of furan rings is 1. The molecule has 238 valence electrons. The largest absolute Gasteiger partial charge is 0.456 e. The molecule has 10 aromatic rings. The predicted molar refractivity (Wildman–Crippen MR) is 216 cm³/mol. The van der Waals surface area contributed by atoms with Gasteiger partial charge >= 0.3 is 0 Å². The molecule has 0 aliphatic rings. The predicted octanol–water partition coefficient (Wildman–Crippen LogP) is 14.2. The van der Waals surface area contributed by atoms with Crippen LogP contribution in [0.4, 0.5) is 0 Å². The van der Waals surface area contributed by atoms with E-state index in [0.717, 1.165) is 71.3 Å². The van der Waals surface area contributed by atoms with E-state index in [1.54, 1.807) is 12.1 Å². The van der Waals surface area contributed by atoms with Crippen LogP contribution in [-0.4, -0.2) is 0 Å². The van der Waals surface area contributed by atoms with Gasteiger partial charge in [-0.2, -0.15) is 0 Å². The summed E-state index contributed by atoms with van der Waals surface area (Å²) in [6.45, 7) is 0.